The van der Waals surface area contributed by atoms with E-state index in [1.165, 1.54) is 19.2 Å². The van der Waals surface area contributed by atoms with Crippen molar-refractivity contribution in [2.24, 2.45) is 0 Å². The number of hydrogen-bond acceptors (Lipinski definition) is 4. The highest BCUT2D eigenvalue weighted by molar-refractivity contribution is 7.15. The van der Waals surface area contributed by atoms with Gasteiger partial charge < -0.3 is 10.1 Å². The molecule has 7 heteroatoms. The number of anilines is 1. The summed E-state index contributed by atoms with van der Waals surface area (Å²) in [5.74, 6) is -0.610. The summed E-state index contributed by atoms with van der Waals surface area (Å²) in [5.41, 5.74) is 2.56. The summed E-state index contributed by atoms with van der Waals surface area (Å²) in [6, 6.07) is 11.2. The van der Waals surface area contributed by atoms with Crippen LogP contribution in [0.2, 0.25) is 0 Å². The van der Waals surface area contributed by atoms with Gasteiger partial charge in [0.1, 0.15) is 11.6 Å². The van der Waals surface area contributed by atoms with Crippen LogP contribution in [0.5, 0.6) is 5.75 Å². The van der Waals surface area contributed by atoms with E-state index in [0.717, 1.165) is 22.3 Å². The second-order valence-corrected chi connectivity index (χ2v) is 6.47. The molecule has 0 unspecified atom stereocenters. The quantitative estimate of drug-likeness (QED) is 0.579. The fourth-order valence-corrected chi connectivity index (χ4v) is 3.35. The number of rotatable bonds is 4. The van der Waals surface area contributed by atoms with Crippen molar-refractivity contribution >= 4 is 27.9 Å². The smallest absolute Gasteiger partial charge is 0.259 e. The first-order valence-electron chi connectivity index (χ1n) is 7.81. The first-order valence-corrected chi connectivity index (χ1v) is 8.69. The standard InChI is InChI=1S/C19H14FN3O2S/c1-25-17-7-4-13(20)10-15(17)18(24)21-14-5-2-12(3-6-14)16-11-23-8-9-26-19(23)22-16/h2-11H,1H3,(H,21,24). The highest BCUT2D eigenvalue weighted by Gasteiger charge is 2.14. The molecular weight excluding hydrogens is 353 g/mol. The van der Waals surface area contributed by atoms with Crippen molar-refractivity contribution in [3.63, 3.8) is 0 Å². The van der Waals surface area contributed by atoms with Crippen molar-refractivity contribution in [2.75, 3.05) is 12.4 Å². The van der Waals surface area contributed by atoms with Crippen molar-refractivity contribution in [1.29, 1.82) is 0 Å². The summed E-state index contributed by atoms with van der Waals surface area (Å²) >= 11 is 1.57. The lowest BCUT2D eigenvalue weighted by molar-refractivity contribution is 0.102. The molecule has 4 aromatic rings. The minimum atomic E-state index is -0.494. The molecule has 2 aromatic carbocycles. The lowest BCUT2D eigenvalue weighted by atomic mass is 10.1. The SMILES string of the molecule is COc1ccc(F)cc1C(=O)Nc1ccc(-c2cn3ccsc3n2)cc1. The van der Waals surface area contributed by atoms with Gasteiger partial charge in [-0.25, -0.2) is 9.37 Å². The fourth-order valence-electron chi connectivity index (χ4n) is 2.65. The molecule has 2 aromatic heterocycles. The maximum absolute atomic E-state index is 13.4. The Morgan fingerprint density at radius 3 is 2.77 bits per heavy atom. The monoisotopic (exact) mass is 367 g/mol. The van der Waals surface area contributed by atoms with E-state index < -0.39 is 11.7 Å². The number of carbonyl (C=O) groups excluding carboxylic acids is 1. The summed E-state index contributed by atoms with van der Waals surface area (Å²) in [7, 11) is 1.44. The van der Waals surface area contributed by atoms with E-state index >= 15 is 0 Å². The lowest BCUT2D eigenvalue weighted by Crippen LogP contribution is -2.13. The Balaban J connectivity index is 1.55. The Hall–Kier alpha value is -3.19. The van der Waals surface area contributed by atoms with Crippen molar-refractivity contribution in [2.45, 2.75) is 0 Å². The van der Waals surface area contributed by atoms with Gasteiger partial charge in [-0.15, -0.1) is 11.3 Å². The van der Waals surface area contributed by atoms with Crippen molar-refractivity contribution < 1.29 is 13.9 Å². The van der Waals surface area contributed by atoms with Crippen LogP contribution in [0, 0.1) is 5.82 Å². The molecule has 0 aliphatic carbocycles. The summed E-state index contributed by atoms with van der Waals surface area (Å²) in [6.45, 7) is 0. The topological polar surface area (TPSA) is 55.6 Å². The number of thiazole rings is 1. The highest BCUT2D eigenvalue weighted by atomic mass is 32.1. The third-order valence-corrected chi connectivity index (χ3v) is 4.71. The van der Waals surface area contributed by atoms with Crippen LogP contribution in [-0.2, 0) is 0 Å². The molecule has 0 aliphatic heterocycles. The molecule has 1 N–H and O–H groups in total. The van der Waals surface area contributed by atoms with Gasteiger partial charge in [0.05, 0.1) is 18.4 Å². The Labute approximate surface area is 152 Å². The van der Waals surface area contributed by atoms with Gasteiger partial charge in [-0.1, -0.05) is 12.1 Å². The second kappa shape index (κ2) is 6.61. The average Bonchev–Trinajstić information content (AvgIpc) is 3.24. The van der Waals surface area contributed by atoms with E-state index in [9.17, 15) is 9.18 Å². The van der Waals surface area contributed by atoms with Gasteiger partial charge >= 0.3 is 0 Å². The molecule has 0 spiro atoms. The molecule has 0 fully saturated rings. The van der Waals surface area contributed by atoms with E-state index in [1.54, 1.807) is 23.5 Å². The van der Waals surface area contributed by atoms with Gasteiger partial charge in [0.2, 0.25) is 0 Å². The van der Waals surface area contributed by atoms with E-state index in [4.69, 9.17) is 4.74 Å². The van der Waals surface area contributed by atoms with E-state index in [1.807, 2.05) is 34.3 Å². The molecule has 0 saturated heterocycles. The lowest BCUT2D eigenvalue weighted by Gasteiger charge is -2.09. The van der Waals surface area contributed by atoms with Crippen LogP contribution in [-0.4, -0.2) is 22.4 Å². The first kappa shape index (κ1) is 16.3. The van der Waals surface area contributed by atoms with Crippen LogP contribution in [0.25, 0.3) is 16.2 Å². The summed E-state index contributed by atoms with van der Waals surface area (Å²) in [4.78, 5) is 17.9. The second-order valence-electron chi connectivity index (χ2n) is 5.60. The summed E-state index contributed by atoms with van der Waals surface area (Å²) in [5, 5.41) is 4.73. The summed E-state index contributed by atoms with van der Waals surface area (Å²) in [6.07, 6.45) is 3.91. The van der Waals surface area contributed by atoms with E-state index in [0.29, 0.717) is 11.4 Å². The first-order chi connectivity index (χ1) is 12.6. The summed E-state index contributed by atoms with van der Waals surface area (Å²) < 4.78 is 20.5. The zero-order valence-electron chi connectivity index (χ0n) is 13.8. The highest BCUT2D eigenvalue weighted by Crippen LogP contribution is 2.24. The number of nitrogens with one attached hydrogen (secondary N) is 1. The number of benzene rings is 2. The minimum absolute atomic E-state index is 0.144. The maximum atomic E-state index is 13.4. The van der Waals surface area contributed by atoms with Gasteiger partial charge in [0, 0.05) is 29.0 Å². The zero-order chi connectivity index (χ0) is 18.1. The molecule has 5 nitrogen and oxygen atoms in total. The predicted octanol–water partition coefficient (Wildman–Crippen LogP) is 4.46. The van der Waals surface area contributed by atoms with Crippen LogP contribution in [0.4, 0.5) is 10.1 Å². The zero-order valence-corrected chi connectivity index (χ0v) is 14.6. The van der Waals surface area contributed by atoms with Crippen molar-refractivity contribution in [3.8, 4) is 17.0 Å². The average molecular weight is 367 g/mol. The van der Waals surface area contributed by atoms with E-state index in [-0.39, 0.29) is 5.56 Å². The number of hydrogen-bond donors (Lipinski definition) is 1. The Kier molecular flexibility index (Phi) is 4.14. The molecule has 0 bridgehead atoms. The van der Waals surface area contributed by atoms with Gasteiger partial charge in [-0.3, -0.25) is 9.20 Å². The number of nitrogens with zero attached hydrogens (tertiary/aromatic N) is 2. The number of aromatic nitrogens is 2. The molecule has 0 aliphatic rings. The van der Waals surface area contributed by atoms with Crippen LogP contribution in [0.3, 0.4) is 0 Å². The number of fused-ring (bicyclic) bond motifs is 1. The Bertz CT molecular complexity index is 1060. The van der Waals surface area contributed by atoms with Gasteiger partial charge in [0.15, 0.2) is 4.96 Å². The number of imidazole rings is 1. The maximum Gasteiger partial charge on any atom is 0.259 e. The fraction of sp³-hybridized carbons (Fsp3) is 0.0526. The van der Waals surface area contributed by atoms with Crippen LogP contribution in [0.1, 0.15) is 10.4 Å². The van der Waals surface area contributed by atoms with Crippen molar-refractivity contribution in [1.82, 2.24) is 9.38 Å². The van der Waals surface area contributed by atoms with Crippen LogP contribution in [0.15, 0.2) is 60.2 Å². The molecule has 0 saturated carbocycles. The molecule has 0 atom stereocenters. The minimum Gasteiger partial charge on any atom is -0.496 e. The molecule has 0 radical (unpaired) electrons. The molecule has 130 valence electrons. The molecular formula is C19H14FN3O2S. The number of amides is 1. The molecule has 26 heavy (non-hydrogen) atoms. The number of methoxy groups -OCH3 is 1. The van der Waals surface area contributed by atoms with Crippen LogP contribution < -0.4 is 10.1 Å². The molecule has 2 heterocycles. The Morgan fingerprint density at radius 2 is 2.04 bits per heavy atom. The molecule has 1 amide bonds. The van der Waals surface area contributed by atoms with E-state index in [2.05, 4.69) is 10.3 Å². The van der Waals surface area contributed by atoms with Gasteiger partial charge in [0.25, 0.3) is 5.91 Å². The number of carbonyl (C=O) groups is 1. The van der Waals surface area contributed by atoms with Gasteiger partial charge in [-0.05, 0) is 30.3 Å². The number of halogens is 1. The third-order valence-electron chi connectivity index (χ3n) is 3.94. The van der Waals surface area contributed by atoms with Crippen LogP contribution >= 0.6 is 11.3 Å². The predicted molar refractivity (Wildman–Crippen MR) is 99.4 cm³/mol. The van der Waals surface area contributed by atoms with Crippen molar-refractivity contribution in [3.05, 3.63) is 71.6 Å². The normalized spacial score (nSPS) is 10.8. The molecule has 4 rings (SSSR count). The Morgan fingerprint density at radius 1 is 1.23 bits per heavy atom. The third kappa shape index (κ3) is 3.04. The van der Waals surface area contributed by atoms with Gasteiger partial charge in [-0.2, -0.15) is 0 Å². The largest absolute Gasteiger partial charge is 0.496 e. The number of ether oxygens (including phenoxy) is 1.